The molecule has 20 heavy (non-hydrogen) atoms. The van der Waals surface area contributed by atoms with Crippen LogP contribution in [-0.2, 0) is 0 Å². The van der Waals surface area contributed by atoms with Crippen molar-refractivity contribution in [2.24, 2.45) is 0 Å². The number of anilines is 1. The van der Waals surface area contributed by atoms with E-state index in [1.807, 2.05) is 26.0 Å². The van der Waals surface area contributed by atoms with Crippen LogP contribution >= 0.6 is 11.6 Å². The van der Waals surface area contributed by atoms with Crippen LogP contribution < -0.4 is 5.32 Å². The number of rotatable bonds is 3. The summed E-state index contributed by atoms with van der Waals surface area (Å²) in [6.07, 6.45) is 0. The Balaban J connectivity index is 2.31. The zero-order chi connectivity index (χ0) is 14.9. The van der Waals surface area contributed by atoms with Gasteiger partial charge in [0.1, 0.15) is 0 Å². The smallest absolute Gasteiger partial charge is 0.0640 e. The Hall–Kier alpha value is -1.54. The Labute approximate surface area is 126 Å². The Kier molecular flexibility index (Phi) is 4.34. The molecule has 0 saturated carbocycles. The molecule has 0 saturated heterocycles. The highest BCUT2D eigenvalue weighted by Gasteiger charge is 2.14. The van der Waals surface area contributed by atoms with Crippen molar-refractivity contribution < 1.29 is 0 Å². The van der Waals surface area contributed by atoms with Gasteiger partial charge in [-0.25, -0.2) is 0 Å². The average molecular weight is 289 g/mol. The molecule has 1 aromatic carbocycles. The van der Waals surface area contributed by atoms with Crippen LogP contribution in [-0.4, -0.2) is 4.98 Å². The van der Waals surface area contributed by atoms with E-state index in [9.17, 15) is 0 Å². The first-order valence-electron chi connectivity index (χ1n) is 6.86. The molecular weight excluding hydrogens is 268 g/mol. The minimum atomic E-state index is 0.170. The summed E-state index contributed by atoms with van der Waals surface area (Å²) in [5.74, 6) is 0. The van der Waals surface area contributed by atoms with Crippen molar-refractivity contribution in [1.82, 2.24) is 4.98 Å². The summed E-state index contributed by atoms with van der Waals surface area (Å²) >= 11 is 6.29. The molecule has 3 heteroatoms. The fraction of sp³-hybridized carbons (Fsp3) is 0.353. The lowest BCUT2D eigenvalue weighted by molar-refractivity contribution is 0.843. The maximum atomic E-state index is 6.29. The van der Waals surface area contributed by atoms with Gasteiger partial charge in [-0.3, -0.25) is 4.98 Å². The molecule has 0 aliphatic rings. The first kappa shape index (κ1) is 14.9. The van der Waals surface area contributed by atoms with E-state index < -0.39 is 0 Å². The molecule has 0 amide bonds. The monoisotopic (exact) mass is 288 g/mol. The minimum absolute atomic E-state index is 0.170. The fourth-order valence-corrected chi connectivity index (χ4v) is 3.02. The Morgan fingerprint density at radius 1 is 1.10 bits per heavy atom. The van der Waals surface area contributed by atoms with Crippen LogP contribution in [0.5, 0.6) is 0 Å². The van der Waals surface area contributed by atoms with Gasteiger partial charge in [-0.15, -0.1) is 0 Å². The van der Waals surface area contributed by atoms with E-state index in [2.05, 4.69) is 43.2 Å². The molecule has 0 fully saturated rings. The summed E-state index contributed by atoms with van der Waals surface area (Å²) in [6.45, 7) is 10.4. The van der Waals surface area contributed by atoms with Crippen LogP contribution in [0.4, 0.5) is 5.69 Å². The zero-order valence-electron chi connectivity index (χ0n) is 12.7. The van der Waals surface area contributed by atoms with E-state index in [0.29, 0.717) is 0 Å². The lowest BCUT2D eigenvalue weighted by atomic mass is 10.00. The van der Waals surface area contributed by atoms with Gasteiger partial charge in [0, 0.05) is 11.4 Å². The van der Waals surface area contributed by atoms with Crippen LogP contribution in [0.2, 0.25) is 5.02 Å². The number of pyridine rings is 1. The van der Waals surface area contributed by atoms with Crippen molar-refractivity contribution in [2.75, 3.05) is 5.32 Å². The molecule has 0 bridgehead atoms. The van der Waals surface area contributed by atoms with Gasteiger partial charge < -0.3 is 5.32 Å². The number of nitrogens with one attached hydrogen (secondary N) is 1. The van der Waals surface area contributed by atoms with E-state index in [-0.39, 0.29) is 6.04 Å². The fourth-order valence-electron chi connectivity index (χ4n) is 2.73. The average Bonchev–Trinajstić information content (AvgIpc) is 2.31. The number of aromatic nitrogens is 1. The number of benzene rings is 1. The lowest BCUT2D eigenvalue weighted by Crippen LogP contribution is -2.12. The normalized spacial score (nSPS) is 12.3. The molecular formula is C17H21ClN2. The molecule has 1 N–H and O–H groups in total. The molecule has 2 nitrogen and oxygen atoms in total. The van der Waals surface area contributed by atoms with Gasteiger partial charge in [-0.1, -0.05) is 17.7 Å². The van der Waals surface area contributed by atoms with E-state index in [0.717, 1.165) is 27.7 Å². The van der Waals surface area contributed by atoms with Gasteiger partial charge in [0.2, 0.25) is 0 Å². The van der Waals surface area contributed by atoms with Gasteiger partial charge in [0.25, 0.3) is 0 Å². The highest BCUT2D eigenvalue weighted by molar-refractivity contribution is 6.33. The zero-order valence-corrected chi connectivity index (χ0v) is 13.5. The van der Waals surface area contributed by atoms with Gasteiger partial charge in [0.05, 0.1) is 16.8 Å². The van der Waals surface area contributed by atoms with Crippen LogP contribution in [0.15, 0.2) is 24.3 Å². The van der Waals surface area contributed by atoms with Crippen LogP contribution in [0.25, 0.3) is 0 Å². The van der Waals surface area contributed by atoms with E-state index in [4.69, 9.17) is 11.6 Å². The molecule has 106 valence electrons. The predicted octanol–water partition coefficient (Wildman–Crippen LogP) is 5.14. The first-order valence-corrected chi connectivity index (χ1v) is 7.23. The summed E-state index contributed by atoms with van der Waals surface area (Å²) in [6, 6.07) is 8.36. The largest absolute Gasteiger partial charge is 0.377 e. The predicted molar refractivity (Wildman–Crippen MR) is 86.7 cm³/mol. The number of halogens is 1. The summed E-state index contributed by atoms with van der Waals surface area (Å²) in [5.41, 5.74) is 6.77. The first-order chi connectivity index (χ1) is 9.38. The number of aryl methyl sites for hydroxylation is 4. The minimum Gasteiger partial charge on any atom is -0.377 e. The molecule has 1 unspecified atom stereocenters. The van der Waals surface area contributed by atoms with Gasteiger partial charge in [-0.05, 0) is 69.5 Å². The van der Waals surface area contributed by atoms with Gasteiger partial charge in [-0.2, -0.15) is 0 Å². The molecule has 2 rings (SSSR count). The third kappa shape index (κ3) is 3.13. The standard InChI is InChI=1S/C17H21ClN2/c1-10-6-7-16(15(18)8-10)20-14(5)17-11(2)9-12(3)19-13(17)4/h6-9,14,20H,1-5H3. The molecule has 0 radical (unpaired) electrons. The van der Waals surface area contributed by atoms with Gasteiger partial charge >= 0.3 is 0 Å². The number of hydrogen-bond donors (Lipinski definition) is 1. The van der Waals surface area contributed by atoms with Crippen LogP contribution in [0.3, 0.4) is 0 Å². The molecule has 2 aromatic rings. The summed E-state index contributed by atoms with van der Waals surface area (Å²) < 4.78 is 0. The molecule has 0 aliphatic carbocycles. The number of nitrogens with zero attached hydrogens (tertiary/aromatic N) is 1. The third-order valence-electron chi connectivity index (χ3n) is 3.51. The summed E-state index contributed by atoms with van der Waals surface area (Å²) in [7, 11) is 0. The van der Waals surface area contributed by atoms with Crippen molar-refractivity contribution in [3.8, 4) is 0 Å². The maximum absolute atomic E-state index is 6.29. The van der Waals surface area contributed by atoms with Crippen molar-refractivity contribution in [3.63, 3.8) is 0 Å². The Morgan fingerprint density at radius 2 is 1.80 bits per heavy atom. The Morgan fingerprint density at radius 3 is 2.40 bits per heavy atom. The second-order valence-corrected chi connectivity index (χ2v) is 5.84. The third-order valence-corrected chi connectivity index (χ3v) is 3.83. The molecule has 1 aromatic heterocycles. The highest BCUT2D eigenvalue weighted by atomic mass is 35.5. The van der Waals surface area contributed by atoms with E-state index >= 15 is 0 Å². The maximum Gasteiger partial charge on any atom is 0.0640 e. The van der Waals surface area contributed by atoms with Crippen molar-refractivity contribution in [3.05, 3.63) is 57.4 Å². The topological polar surface area (TPSA) is 24.9 Å². The van der Waals surface area contributed by atoms with E-state index in [1.54, 1.807) is 0 Å². The van der Waals surface area contributed by atoms with Gasteiger partial charge in [0.15, 0.2) is 0 Å². The van der Waals surface area contributed by atoms with Crippen LogP contribution in [0.1, 0.15) is 41.0 Å². The highest BCUT2D eigenvalue weighted by Crippen LogP contribution is 2.29. The SMILES string of the molecule is Cc1ccc(NC(C)c2c(C)cc(C)nc2C)c(Cl)c1. The van der Waals surface area contributed by atoms with Crippen molar-refractivity contribution in [2.45, 2.75) is 40.7 Å². The molecule has 0 spiro atoms. The lowest BCUT2D eigenvalue weighted by Gasteiger charge is -2.21. The molecule has 1 atom stereocenters. The van der Waals surface area contributed by atoms with E-state index in [1.165, 1.54) is 11.1 Å². The quantitative estimate of drug-likeness (QED) is 0.845. The second kappa shape index (κ2) is 5.84. The Bertz CT molecular complexity index is 612. The summed E-state index contributed by atoms with van der Waals surface area (Å²) in [4.78, 5) is 4.56. The van der Waals surface area contributed by atoms with Crippen molar-refractivity contribution in [1.29, 1.82) is 0 Å². The molecule has 0 aliphatic heterocycles. The van der Waals surface area contributed by atoms with Crippen LogP contribution in [0, 0.1) is 27.7 Å². The second-order valence-electron chi connectivity index (χ2n) is 5.43. The number of hydrogen-bond acceptors (Lipinski definition) is 2. The molecule has 1 heterocycles. The van der Waals surface area contributed by atoms with Crippen molar-refractivity contribution >= 4 is 17.3 Å². The summed E-state index contributed by atoms with van der Waals surface area (Å²) in [5, 5.41) is 4.24.